The van der Waals surface area contributed by atoms with Gasteiger partial charge in [-0.05, 0) is 63.8 Å². The van der Waals surface area contributed by atoms with Crippen LogP contribution in [0.15, 0.2) is 35.4 Å². The lowest BCUT2D eigenvalue weighted by Crippen LogP contribution is -2.39. The first-order valence-electron chi connectivity index (χ1n) is 8.30. The van der Waals surface area contributed by atoms with Gasteiger partial charge < -0.3 is 10.1 Å². The number of ketones is 1. The Morgan fingerprint density at radius 3 is 2.29 bits per heavy atom. The molecule has 0 saturated heterocycles. The maximum atomic E-state index is 12.8. The van der Waals surface area contributed by atoms with Crippen LogP contribution in [0.2, 0.25) is 0 Å². The molecule has 0 atom stereocenters. The number of anilines is 1. The minimum absolute atomic E-state index is 0.0256. The molecule has 0 bridgehead atoms. The molecule has 0 radical (unpaired) electrons. The van der Waals surface area contributed by atoms with Gasteiger partial charge in [-0.3, -0.25) is 9.59 Å². The first-order chi connectivity index (χ1) is 11.4. The predicted molar refractivity (Wildman–Crippen MR) is 89.7 cm³/mol. The summed E-state index contributed by atoms with van der Waals surface area (Å²) in [7, 11) is 0. The zero-order chi connectivity index (χ0) is 17.3. The molecule has 1 heterocycles. The van der Waals surface area contributed by atoms with Gasteiger partial charge in [-0.1, -0.05) is 6.42 Å². The van der Waals surface area contributed by atoms with Crippen molar-refractivity contribution in [3.05, 3.63) is 41.0 Å². The molecule has 1 amide bonds. The van der Waals surface area contributed by atoms with Gasteiger partial charge in [0.15, 0.2) is 5.78 Å². The van der Waals surface area contributed by atoms with E-state index >= 15 is 0 Å². The van der Waals surface area contributed by atoms with Crippen molar-refractivity contribution in [3.63, 3.8) is 0 Å². The lowest BCUT2D eigenvalue weighted by molar-refractivity contribution is -0.149. The molecule has 24 heavy (non-hydrogen) atoms. The molecule has 126 valence electrons. The maximum absolute atomic E-state index is 12.8. The summed E-state index contributed by atoms with van der Waals surface area (Å²) in [5.41, 5.74) is 1.28. The van der Waals surface area contributed by atoms with Crippen molar-refractivity contribution >= 4 is 23.3 Å². The summed E-state index contributed by atoms with van der Waals surface area (Å²) in [6.07, 6.45) is 4.39. The molecule has 1 aromatic rings. The van der Waals surface area contributed by atoms with Crippen LogP contribution >= 0.6 is 0 Å². The molecule has 1 spiro atoms. The quantitative estimate of drug-likeness (QED) is 0.682. The summed E-state index contributed by atoms with van der Waals surface area (Å²) in [5.74, 6) is -0.716. The van der Waals surface area contributed by atoms with Gasteiger partial charge in [-0.25, -0.2) is 4.79 Å². The van der Waals surface area contributed by atoms with Crippen molar-refractivity contribution in [2.45, 2.75) is 51.6 Å². The lowest BCUT2D eigenvalue weighted by Gasteiger charge is -2.34. The number of ether oxygens (including phenoxy) is 1. The van der Waals surface area contributed by atoms with Crippen molar-refractivity contribution in [2.24, 2.45) is 0 Å². The van der Waals surface area contributed by atoms with E-state index in [0.717, 1.165) is 19.3 Å². The van der Waals surface area contributed by atoms with E-state index in [4.69, 9.17) is 4.74 Å². The highest BCUT2D eigenvalue weighted by Gasteiger charge is 2.49. The standard InChI is InChI=1S/C19H21NO4/c1-12-16(19(24-18(12)23)10-4-3-5-11-19)17(22)20-15-8-6-14(7-9-15)13(2)21/h6-9H,3-5,10-11H2,1-2H3,(H,20,22). The smallest absolute Gasteiger partial charge is 0.335 e. The molecular formula is C19H21NO4. The van der Waals surface area contributed by atoms with E-state index in [2.05, 4.69) is 5.32 Å². The van der Waals surface area contributed by atoms with Gasteiger partial charge in [0.2, 0.25) is 0 Å². The highest BCUT2D eigenvalue weighted by atomic mass is 16.6. The van der Waals surface area contributed by atoms with Gasteiger partial charge in [-0.2, -0.15) is 0 Å². The lowest BCUT2D eigenvalue weighted by atomic mass is 9.78. The summed E-state index contributed by atoms with van der Waals surface area (Å²) < 4.78 is 5.61. The second-order valence-electron chi connectivity index (χ2n) is 6.53. The number of rotatable bonds is 3. The van der Waals surface area contributed by atoms with Gasteiger partial charge in [-0.15, -0.1) is 0 Å². The van der Waals surface area contributed by atoms with Crippen LogP contribution in [-0.4, -0.2) is 23.3 Å². The zero-order valence-electron chi connectivity index (χ0n) is 14.0. The van der Waals surface area contributed by atoms with Crippen molar-refractivity contribution < 1.29 is 19.1 Å². The molecule has 1 aromatic carbocycles. The average Bonchev–Trinajstić information content (AvgIpc) is 2.79. The Hall–Kier alpha value is -2.43. The molecule has 0 unspecified atom stereocenters. The highest BCUT2D eigenvalue weighted by Crippen LogP contribution is 2.44. The predicted octanol–water partition coefficient (Wildman–Crippen LogP) is 3.40. The number of carbonyl (C=O) groups is 3. The highest BCUT2D eigenvalue weighted by molar-refractivity contribution is 6.12. The van der Waals surface area contributed by atoms with E-state index in [9.17, 15) is 14.4 Å². The summed E-state index contributed by atoms with van der Waals surface area (Å²) >= 11 is 0. The third-order valence-electron chi connectivity index (χ3n) is 4.86. The molecule has 1 fully saturated rings. The molecule has 1 N–H and O–H groups in total. The number of benzene rings is 1. The molecule has 2 aliphatic rings. The number of hydrogen-bond donors (Lipinski definition) is 1. The number of hydrogen-bond acceptors (Lipinski definition) is 4. The van der Waals surface area contributed by atoms with Gasteiger partial charge in [0.1, 0.15) is 5.60 Å². The number of esters is 1. The largest absolute Gasteiger partial charge is 0.451 e. The van der Waals surface area contributed by atoms with E-state index in [0.29, 0.717) is 35.2 Å². The third-order valence-corrected chi connectivity index (χ3v) is 4.86. The van der Waals surface area contributed by atoms with Gasteiger partial charge >= 0.3 is 5.97 Å². The van der Waals surface area contributed by atoms with Gasteiger partial charge in [0.05, 0.1) is 5.57 Å². The Bertz CT molecular complexity index is 724. The maximum Gasteiger partial charge on any atom is 0.335 e. The first-order valence-corrected chi connectivity index (χ1v) is 8.30. The molecule has 3 rings (SSSR count). The van der Waals surface area contributed by atoms with Crippen LogP contribution in [0.4, 0.5) is 5.69 Å². The Morgan fingerprint density at radius 2 is 1.71 bits per heavy atom. The fourth-order valence-electron chi connectivity index (χ4n) is 3.58. The Labute approximate surface area is 141 Å². The van der Waals surface area contributed by atoms with E-state index < -0.39 is 11.6 Å². The molecule has 1 saturated carbocycles. The summed E-state index contributed by atoms with van der Waals surface area (Å²) in [5, 5.41) is 2.83. The molecule has 1 aliphatic carbocycles. The van der Waals surface area contributed by atoms with Crippen molar-refractivity contribution in [2.75, 3.05) is 5.32 Å². The average molecular weight is 327 g/mol. The minimum atomic E-state index is -0.761. The summed E-state index contributed by atoms with van der Waals surface area (Å²) in [6.45, 7) is 3.15. The third kappa shape index (κ3) is 2.86. The molecule has 0 aromatic heterocycles. The van der Waals surface area contributed by atoms with E-state index in [1.54, 1.807) is 31.2 Å². The number of amides is 1. The van der Waals surface area contributed by atoms with Crippen LogP contribution in [0.25, 0.3) is 0 Å². The second kappa shape index (κ2) is 6.23. The zero-order valence-corrected chi connectivity index (χ0v) is 14.0. The van der Waals surface area contributed by atoms with Crippen LogP contribution in [0.3, 0.4) is 0 Å². The van der Waals surface area contributed by atoms with Crippen LogP contribution in [0.5, 0.6) is 0 Å². The normalized spacial score (nSPS) is 19.3. The fraction of sp³-hybridized carbons (Fsp3) is 0.421. The minimum Gasteiger partial charge on any atom is -0.451 e. The van der Waals surface area contributed by atoms with Crippen LogP contribution in [0.1, 0.15) is 56.3 Å². The van der Waals surface area contributed by atoms with Crippen LogP contribution in [0, 0.1) is 0 Å². The van der Waals surface area contributed by atoms with Gasteiger partial charge in [0, 0.05) is 16.8 Å². The molecule has 5 nitrogen and oxygen atoms in total. The molecule has 5 heteroatoms. The Kier molecular flexibility index (Phi) is 4.26. The number of carbonyl (C=O) groups excluding carboxylic acids is 3. The van der Waals surface area contributed by atoms with Gasteiger partial charge in [0.25, 0.3) is 5.91 Å². The summed E-state index contributed by atoms with van der Waals surface area (Å²) in [4.78, 5) is 36.2. The Balaban J connectivity index is 1.84. The molecular weight excluding hydrogens is 306 g/mol. The summed E-state index contributed by atoms with van der Waals surface area (Å²) in [6, 6.07) is 6.73. The van der Waals surface area contributed by atoms with E-state index in [-0.39, 0.29) is 11.7 Å². The number of Topliss-reactive ketones (excluding diaryl/α,β-unsaturated/α-hetero) is 1. The van der Waals surface area contributed by atoms with Crippen LogP contribution < -0.4 is 5.32 Å². The first kappa shape index (κ1) is 16.4. The van der Waals surface area contributed by atoms with E-state index in [1.807, 2.05) is 0 Å². The van der Waals surface area contributed by atoms with Crippen molar-refractivity contribution in [1.82, 2.24) is 0 Å². The monoisotopic (exact) mass is 327 g/mol. The van der Waals surface area contributed by atoms with E-state index in [1.165, 1.54) is 6.92 Å². The van der Waals surface area contributed by atoms with Crippen molar-refractivity contribution in [3.8, 4) is 0 Å². The Morgan fingerprint density at radius 1 is 1.08 bits per heavy atom. The fourth-order valence-corrected chi connectivity index (χ4v) is 3.58. The topological polar surface area (TPSA) is 72.5 Å². The number of nitrogens with one attached hydrogen (secondary N) is 1. The molecule has 1 aliphatic heterocycles. The SMILES string of the molecule is CC(=O)c1ccc(NC(=O)C2=C(C)C(=O)OC23CCCCC3)cc1. The van der Waals surface area contributed by atoms with Crippen LogP contribution in [-0.2, 0) is 14.3 Å². The van der Waals surface area contributed by atoms with Crippen molar-refractivity contribution in [1.29, 1.82) is 0 Å². The second-order valence-corrected chi connectivity index (χ2v) is 6.53.